The van der Waals surface area contributed by atoms with Gasteiger partial charge in [0.25, 0.3) is 0 Å². The first-order chi connectivity index (χ1) is 5.11. The number of hydrogen-bond donors (Lipinski definition) is 3. The first-order valence-corrected chi connectivity index (χ1v) is 3.38. The molecule has 0 heterocycles. The Morgan fingerprint density at radius 2 is 2.00 bits per heavy atom. The van der Waals surface area contributed by atoms with Crippen LogP contribution in [0.3, 0.4) is 0 Å². The van der Waals surface area contributed by atoms with Gasteiger partial charge in [0.2, 0.25) is 0 Å². The maximum Gasteiger partial charge on any atom is 0.124 e. The minimum atomic E-state index is -0.212. The molecule has 0 saturated heterocycles. The molecule has 60 valence electrons. The molecule has 1 aromatic rings. The number of nitrogens with two attached hydrogens (primary N) is 1. The first kappa shape index (κ1) is 7.88. The van der Waals surface area contributed by atoms with Crippen LogP contribution < -0.4 is 5.73 Å². The predicted molar refractivity (Wildman–Crippen MR) is 42.4 cm³/mol. The predicted octanol–water partition coefficient (Wildman–Crippen LogP) is 1.12. The van der Waals surface area contributed by atoms with Crippen molar-refractivity contribution in [2.45, 2.75) is 13.0 Å². The quantitative estimate of drug-likeness (QED) is 0.566. The van der Waals surface area contributed by atoms with E-state index in [2.05, 4.69) is 0 Å². The van der Waals surface area contributed by atoms with Gasteiger partial charge in [-0.25, -0.2) is 0 Å². The summed E-state index contributed by atoms with van der Waals surface area (Å²) in [5, 5.41) is 18.1. The summed E-state index contributed by atoms with van der Waals surface area (Å²) in [6.07, 6.45) is 0. The van der Waals surface area contributed by atoms with Crippen molar-refractivity contribution >= 4 is 0 Å². The third kappa shape index (κ3) is 1.62. The van der Waals surface area contributed by atoms with Gasteiger partial charge in [-0.05, 0) is 13.0 Å². The standard InChI is InChI=1S/C8H11NO2/c1-5(9)7-3-2-6(10)4-8(7)11/h2-5,10-11H,9H2,1H3/t5-/m1/s1. The Morgan fingerprint density at radius 3 is 2.45 bits per heavy atom. The molecule has 3 nitrogen and oxygen atoms in total. The van der Waals surface area contributed by atoms with Gasteiger partial charge in [0.1, 0.15) is 11.5 Å². The maximum atomic E-state index is 9.22. The van der Waals surface area contributed by atoms with Crippen LogP contribution in [0.1, 0.15) is 18.5 Å². The molecule has 0 fully saturated rings. The summed E-state index contributed by atoms with van der Waals surface area (Å²) in [5.74, 6) is 0.0897. The molecule has 0 aliphatic heterocycles. The monoisotopic (exact) mass is 153 g/mol. The summed E-state index contributed by atoms with van der Waals surface area (Å²) in [6, 6.07) is 4.17. The van der Waals surface area contributed by atoms with E-state index >= 15 is 0 Å². The molecule has 1 aromatic carbocycles. The maximum absolute atomic E-state index is 9.22. The molecule has 3 heteroatoms. The molecule has 1 atom stereocenters. The Balaban J connectivity index is 3.09. The van der Waals surface area contributed by atoms with Crippen LogP contribution in [0.25, 0.3) is 0 Å². The van der Waals surface area contributed by atoms with E-state index in [-0.39, 0.29) is 17.5 Å². The van der Waals surface area contributed by atoms with Gasteiger partial charge in [0.05, 0.1) is 0 Å². The normalized spacial score (nSPS) is 12.9. The molecule has 0 bridgehead atoms. The fourth-order valence-corrected chi connectivity index (χ4v) is 0.917. The second-order valence-corrected chi connectivity index (χ2v) is 2.53. The van der Waals surface area contributed by atoms with Crippen LogP contribution in [0.5, 0.6) is 11.5 Å². The topological polar surface area (TPSA) is 66.5 Å². The molecular formula is C8H11NO2. The zero-order valence-corrected chi connectivity index (χ0v) is 6.28. The Labute approximate surface area is 65.1 Å². The fourth-order valence-electron chi connectivity index (χ4n) is 0.917. The number of phenols is 2. The lowest BCUT2D eigenvalue weighted by Gasteiger charge is -2.07. The lowest BCUT2D eigenvalue weighted by atomic mass is 10.1. The van der Waals surface area contributed by atoms with Gasteiger partial charge in [-0.2, -0.15) is 0 Å². The Hall–Kier alpha value is -1.22. The molecule has 4 N–H and O–H groups in total. The van der Waals surface area contributed by atoms with Gasteiger partial charge >= 0.3 is 0 Å². The highest BCUT2D eigenvalue weighted by atomic mass is 16.3. The average Bonchev–Trinajstić information content (AvgIpc) is 1.85. The van der Waals surface area contributed by atoms with Crippen LogP contribution in [-0.4, -0.2) is 10.2 Å². The van der Waals surface area contributed by atoms with Gasteiger partial charge in [-0.3, -0.25) is 0 Å². The molecule has 0 aliphatic rings. The summed E-state index contributed by atoms with van der Waals surface area (Å²) >= 11 is 0. The van der Waals surface area contributed by atoms with E-state index in [4.69, 9.17) is 10.8 Å². The number of benzene rings is 1. The van der Waals surface area contributed by atoms with E-state index in [1.54, 1.807) is 13.0 Å². The molecule has 0 spiro atoms. The highest BCUT2D eigenvalue weighted by molar-refractivity contribution is 5.40. The van der Waals surface area contributed by atoms with Crippen molar-refractivity contribution in [2.75, 3.05) is 0 Å². The fraction of sp³-hybridized carbons (Fsp3) is 0.250. The van der Waals surface area contributed by atoms with Crippen LogP contribution in [0.4, 0.5) is 0 Å². The SMILES string of the molecule is C[C@@H](N)c1ccc(O)cc1O. The summed E-state index contributed by atoms with van der Waals surface area (Å²) in [7, 11) is 0. The second-order valence-electron chi connectivity index (χ2n) is 2.53. The Bertz CT molecular complexity index is 258. The molecule has 0 amide bonds. The van der Waals surface area contributed by atoms with Crippen LogP contribution in [0.2, 0.25) is 0 Å². The number of hydrogen-bond acceptors (Lipinski definition) is 3. The van der Waals surface area contributed by atoms with Crippen molar-refractivity contribution in [1.82, 2.24) is 0 Å². The smallest absolute Gasteiger partial charge is 0.124 e. The van der Waals surface area contributed by atoms with Crippen molar-refractivity contribution in [3.8, 4) is 11.5 Å². The molecule has 0 saturated carbocycles. The molecule has 0 unspecified atom stereocenters. The van der Waals surface area contributed by atoms with Gasteiger partial charge in [-0.1, -0.05) is 6.07 Å². The molecule has 11 heavy (non-hydrogen) atoms. The Kier molecular flexibility index (Phi) is 2.01. The zero-order valence-electron chi connectivity index (χ0n) is 6.28. The van der Waals surface area contributed by atoms with Gasteiger partial charge in [0.15, 0.2) is 0 Å². The lowest BCUT2D eigenvalue weighted by Crippen LogP contribution is -2.04. The third-order valence-electron chi connectivity index (χ3n) is 1.50. The first-order valence-electron chi connectivity index (χ1n) is 3.38. The van der Waals surface area contributed by atoms with Crippen LogP contribution in [-0.2, 0) is 0 Å². The average molecular weight is 153 g/mol. The molecule has 0 aromatic heterocycles. The highest BCUT2D eigenvalue weighted by Crippen LogP contribution is 2.26. The van der Waals surface area contributed by atoms with Gasteiger partial charge in [-0.15, -0.1) is 0 Å². The van der Waals surface area contributed by atoms with Crippen molar-refractivity contribution in [3.63, 3.8) is 0 Å². The van der Waals surface area contributed by atoms with Crippen molar-refractivity contribution in [1.29, 1.82) is 0 Å². The minimum absolute atomic E-state index is 0.0417. The van der Waals surface area contributed by atoms with E-state index in [0.717, 1.165) is 0 Å². The lowest BCUT2D eigenvalue weighted by molar-refractivity contribution is 0.443. The van der Waals surface area contributed by atoms with Crippen LogP contribution in [0.15, 0.2) is 18.2 Å². The molecule has 0 radical (unpaired) electrons. The molecule has 0 aliphatic carbocycles. The van der Waals surface area contributed by atoms with E-state index in [1.807, 2.05) is 0 Å². The van der Waals surface area contributed by atoms with Crippen LogP contribution >= 0.6 is 0 Å². The van der Waals surface area contributed by atoms with E-state index in [1.165, 1.54) is 12.1 Å². The second kappa shape index (κ2) is 2.80. The van der Waals surface area contributed by atoms with Crippen LogP contribution in [0, 0.1) is 0 Å². The highest BCUT2D eigenvalue weighted by Gasteiger charge is 2.05. The van der Waals surface area contributed by atoms with Crippen molar-refractivity contribution in [2.24, 2.45) is 5.73 Å². The largest absolute Gasteiger partial charge is 0.508 e. The minimum Gasteiger partial charge on any atom is -0.508 e. The van der Waals surface area contributed by atoms with E-state index in [9.17, 15) is 5.11 Å². The van der Waals surface area contributed by atoms with E-state index < -0.39 is 0 Å². The third-order valence-corrected chi connectivity index (χ3v) is 1.50. The summed E-state index contributed by atoms with van der Waals surface area (Å²) in [6.45, 7) is 1.77. The Morgan fingerprint density at radius 1 is 1.36 bits per heavy atom. The van der Waals surface area contributed by atoms with Gasteiger partial charge < -0.3 is 15.9 Å². The van der Waals surface area contributed by atoms with Gasteiger partial charge in [0, 0.05) is 17.7 Å². The zero-order chi connectivity index (χ0) is 8.43. The number of rotatable bonds is 1. The van der Waals surface area contributed by atoms with Crippen molar-refractivity contribution in [3.05, 3.63) is 23.8 Å². The number of aromatic hydroxyl groups is 2. The summed E-state index contributed by atoms with van der Waals surface area (Å²) < 4.78 is 0. The number of phenolic OH excluding ortho intramolecular Hbond substituents is 2. The van der Waals surface area contributed by atoms with E-state index in [0.29, 0.717) is 5.56 Å². The van der Waals surface area contributed by atoms with Crippen molar-refractivity contribution < 1.29 is 10.2 Å². The summed E-state index contributed by atoms with van der Waals surface area (Å²) in [5.41, 5.74) is 6.16. The molecular weight excluding hydrogens is 142 g/mol. The molecule has 1 rings (SSSR count). The summed E-state index contributed by atoms with van der Waals surface area (Å²) in [4.78, 5) is 0.